The Morgan fingerprint density at radius 1 is 1.12 bits per heavy atom. The van der Waals surface area contributed by atoms with Gasteiger partial charge in [-0.1, -0.05) is 52.5 Å². The van der Waals surface area contributed by atoms with Crippen LogP contribution in [-0.4, -0.2) is 76.1 Å². The van der Waals surface area contributed by atoms with E-state index in [1.165, 1.54) is 6.92 Å². The number of ketones is 1. The molecule has 0 radical (unpaired) electrons. The molecule has 2 N–H and O–H groups in total. The molecule has 0 spiro atoms. The number of esters is 3. The summed E-state index contributed by atoms with van der Waals surface area (Å²) in [6.07, 6.45) is -3.84. The van der Waals surface area contributed by atoms with Crippen LogP contribution in [0.2, 0.25) is 0 Å². The van der Waals surface area contributed by atoms with Gasteiger partial charge in [0, 0.05) is 30.3 Å². The standard InChI is InChI=1S/C33H40O10/c1-8-23(36)43-32-16-40-22(32)14-17(2)31(7)26(32)28(42-29(38)20-12-10-9-11-13-20)33(39)15-21(35)18(3)24(30(33,5)6)25(27(31)37)41-19(4)34/h8-13,17,21-22,25-26,28,35,39H,1,14-16H2,2-7H3. The maximum Gasteiger partial charge on any atom is 0.338 e. The summed E-state index contributed by atoms with van der Waals surface area (Å²) in [5.41, 5.74) is -5.52. The smallest absolute Gasteiger partial charge is 0.338 e. The second-order valence-electron chi connectivity index (χ2n) is 13.2. The van der Waals surface area contributed by atoms with E-state index in [1.54, 1.807) is 58.0 Å². The molecule has 3 aliphatic carbocycles. The van der Waals surface area contributed by atoms with Crippen molar-refractivity contribution in [3.8, 4) is 0 Å². The lowest BCUT2D eigenvalue weighted by molar-refractivity contribution is -0.339. The molecular weight excluding hydrogens is 556 g/mol. The van der Waals surface area contributed by atoms with Crippen LogP contribution in [0, 0.1) is 22.7 Å². The minimum absolute atomic E-state index is 0.129. The molecule has 3 fully saturated rings. The number of hydrogen-bond acceptors (Lipinski definition) is 10. The highest BCUT2D eigenvalue weighted by atomic mass is 16.6. The van der Waals surface area contributed by atoms with Crippen molar-refractivity contribution in [3.05, 3.63) is 59.7 Å². The first-order valence-corrected chi connectivity index (χ1v) is 14.6. The fourth-order valence-corrected chi connectivity index (χ4v) is 8.16. The van der Waals surface area contributed by atoms with Crippen LogP contribution >= 0.6 is 0 Å². The fourth-order valence-electron chi connectivity index (χ4n) is 8.16. The third-order valence-corrected chi connectivity index (χ3v) is 10.8. The Morgan fingerprint density at radius 2 is 1.77 bits per heavy atom. The van der Waals surface area contributed by atoms with Crippen molar-refractivity contribution in [2.24, 2.45) is 22.7 Å². The van der Waals surface area contributed by atoms with E-state index in [0.29, 0.717) is 12.0 Å². The number of carbonyl (C=O) groups is 4. The summed E-state index contributed by atoms with van der Waals surface area (Å²) < 4.78 is 24.1. The van der Waals surface area contributed by atoms with Gasteiger partial charge in [0.15, 0.2) is 17.5 Å². The molecule has 232 valence electrons. The van der Waals surface area contributed by atoms with Crippen LogP contribution in [-0.2, 0) is 33.3 Å². The molecule has 43 heavy (non-hydrogen) atoms. The zero-order valence-electron chi connectivity index (χ0n) is 25.4. The van der Waals surface area contributed by atoms with E-state index in [1.807, 2.05) is 6.92 Å². The van der Waals surface area contributed by atoms with Crippen LogP contribution < -0.4 is 0 Å². The molecule has 5 rings (SSSR count). The van der Waals surface area contributed by atoms with E-state index in [4.69, 9.17) is 18.9 Å². The Kier molecular flexibility index (Phi) is 7.51. The van der Waals surface area contributed by atoms with Gasteiger partial charge >= 0.3 is 17.9 Å². The maximum absolute atomic E-state index is 15.0. The lowest BCUT2D eigenvalue weighted by Gasteiger charge is -2.68. The van der Waals surface area contributed by atoms with Gasteiger partial charge in [-0.25, -0.2) is 9.59 Å². The van der Waals surface area contributed by atoms with Crippen LogP contribution in [0.3, 0.4) is 0 Å². The van der Waals surface area contributed by atoms with Crippen LogP contribution in [0.25, 0.3) is 0 Å². The van der Waals surface area contributed by atoms with Gasteiger partial charge in [-0.05, 0) is 42.5 Å². The van der Waals surface area contributed by atoms with E-state index in [0.717, 1.165) is 6.08 Å². The van der Waals surface area contributed by atoms with Gasteiger partial charge in [0.25, 0.3) is 0 Å². The number of rotatable bonds is 5. The Morgan fingerprint density at radius 3 is 2.33 bits per heavy atom. The van der Waals surface area contributed by atoms with Crippen molar-refractivity contribution in [1.82, 2.24) is 0 Å². The van der Waals surface area contributed by atoms with Crippen molar-refractivity contribution in [3.63, 3.8) is 0 Å². The number of carbonyl (C=O) groups excluding carboxylic acids is 4. The Balaban J connectivity index is 1.84. The zero-order valence-corrected chi connectivity index (χ0v) is 25.4. The fraction of sp³-hybridized carbons (Fsp3) is 0.576. The summed E-state index contributed by atoms with van der Waals surface area (Å²) in [6, 6.07) is 8.22. The van der Waals surface area contributed by atoms with E-state index in [2.05, 4.69) is 6.58 Å². The monoisotopic (exact) mass is 596 g/mol. The minimum atomic E-state index is -2.03. The highest BCUT2D eigenvalue weighted by Crippen LogP contribution is 2.65. The second-order valence-corrected chi connectivity index (χ2v) is 13.2. The molecule has 2 saturated carbocycles. The molecular formula is C33H40O10. The number of Topliss-reactive ketones (excluding diaryl/α,β-unsaturated/α-hetero) is 1. The van der Waals surface area contributed by atoms with Gasteiger partial charge < -0.3 is 29.2 Å². The van der Waals surface area contributed by atoms with Gasteiger partial charge in [0.1, 0.15) is 17.8 Å². The summed E-state index contributed by atoms with van der Waals surface area (Å²) in [6.45, 7) is 13.1. The van der Waals surface area contributed by atoms with Crippen LogP contribution in [0.5, 0.6) is 0 Å². The van der Waals surface area contributed by atoms with Gasteiger partial charge in [-0.2, -0.15) is 0 Å². The maximum atomic E-state index is 15.0. The van der Waals surface area contributed by atoms with Gasteiger partial charge in [-0.15, -0.1) is 0 Å². The topological polar surface area (TPSA) is 146 Å². The van der Waals surface area contributed by atoms with E-state index in [-0.39, 0.29) is 24.2 Å². The minimum Gasteiger partial charge on any atom is -0.455 e. The number of aliphatic hydroxyl groups excluding tert-OH is 1. The number of aliphatic hydroxyl groups is 2. The molecule has 9 atom stereocenters. The first kappa shape index (κ1) is 31.1. The Hall–Kier alpha value is -3.34. The van der Waals surface area contributed by atoms with Crippen molar-refractivity contribution in [1.29, 1.82) is 0 Å². The molecule has 1 saturated heterocycles. The molecule has 0 amide bonds. The predicted molar refractivity (Wildman–Crippen MR) is 152 cm³/mol. The summed E-state index contributed by atoms with van der Waals surface area (Å²) in [4.78, 5) is 54.2. The number of benzene rings is 1. The average Bonchev–Trinajstić information content (AvgIpc) is 2.95. The van der Waals surface area contributed by atoms with E-state index < -0.39 is 82.0 Å². The average molecular weight is 597 g/mol. The number of fused-ring (bicyclic) bond motifs is 5. The summed E-state index contributed by atoms with van der Waals surface area (Å²) in [7, 11) is 0. The first-order chi connectivity index (χ1) is 20.1. The highest BCUT2D eigenvalue weighted by molar-refractivity contribution is 5.95. The van der Waals surface area contributed by atoms with Crippen LogP contribution in [0.4, 0.5) is 0 Å². The predicted octanol–water partition coefficient (Wildman–Crippen LogP) is 3.09. The van der Waals surface area contributed by atoms with E-state index in [9.17, 15) is 24.6 Å². The number of ether oxygens (including phenoxy) is 4. The van der Waals surface area contributed by atoms with Gasteiger partial charge in [0.2, 0.25) is 0 Å². The second kappa shape index (κ2) is 10.4. The largest absolute Gasteiger partial charge is 0.455 e. The van der Waals surface area contributed by atoms with Gasteiger partial charge in [-0.3, -0.25) is 9.59 Å². The molecule has 1 heterocycles. The highest BCUT2D eigenvalue weighted by Gasteiger charge is 2.77. The molecule has 0 aromatic heterocycles. The molecule has 9 unspecified atom stereocenters. The normalized spacial score (nSPS) is 39.6. The lowest BCUT2D eigenvalue weighted by Crippen LogP contribution is -2.80. The van der Waals surface area contributed by atoms with Crippen molar-refractivity contribution in [2.45, 2.75) is 90.0 Å². The summed E-state index contributed by atoms with van der Waals surface area (Å²) >= 11 is 0. The third-order valence-electron chi connectivity index (χ3n) is 10.8. The Labute approximate surface area is 251 Å². The Bertz CT molecular complexity index is 1400. The zero-order chi connectivity index (χ0) is 31.7. The molecule has 10 heteroatoms. The first-order valence-electron chi connectivity index (χ1n) is 14.6. The third kappa shape index (κ3) is 4.32. The molecule has 10 nitrogen and oxygen atoms in total. The summed E-state index contributed by atoms with van der Waals surface area (Å²) in [5, 5.41) is 24.3. The van der Waals surface area contributed by atoms with Crippen molar-refractivity contribution in [2.75, 3.05) is 6.61 Å². The van der Waals surface area contributed by atoms with Crippen LogP contribution in [0.15, 0.2) is 54.1 Å². The van der Waals surface area contributed by atoms with Crippen molar-refractivity contribution < 1.29 is 48.3 Å². The molecule has 1 aromatic rings. The quantitative estimate of drug-likeness (QED) is 0.225. The molecule has 1 aliphatic heterocycles. The number of hydrogen-bond donors (Lipinski definition) is 2. The van der Waals surface area contributed by atoms with E-state index >= 15 is 4.79 Å². The molecule has 4 aliphatic rings. The van der Waals surface area contributed by atoms with Crippen molar-refractivity contribution >= 4 is 23.7 Å². The molecule has 1 aromatic carbocycles. The lowest BCUT2D eigenvalue weighted by atomic mass is 9.43. The summed E-state index contributed by atoms with van der Waals surface area (Å²) in [5.74, 6) is -4.37. The van der Waals surface area contributed by atoms with Gasteiger partial charge in [0.05, 0.1) is 24.2 Å². The van der Waals surface area contributed by atoms with Crippen LogP contribution in [0.1, 0.15) is 64.7 Å². The molecule has 2 bridgehead atoms. The SMILES string of the molecule is C=CC(=O)OC12COC1CC(C)C1(C)C(=O)C(OC(C)=O)C3=C(C)C(O)CC(O)(C(OC(=O)c4ccccc4)C21)C3(C)C.